The number of fused-ring (bicyclic) bond motifs is 1. The van der Waals surface area contributed by atoms with E-state index in [9.17, 15) is 9.90 Å². The summed E-state index contributed by atoms with van der Waals surface area (Å²) in [4.78, 5) is 20.1. The van der Waals surface area contributed by atoms with Crippen molar-refractivity contribution < 1.29 is 14.3 Å². The Morgan fingerprint density at radius 2 is 1.58 bits per heavy atom. The molecule has 0 fully saturated rings. The van der Waals surface area contributed by atoms with Crippen LogP contribution in [0.3, 0.4) is 0 Å². The summed E-state index contributed by atoms with van der Waals surface area (Å²) in [6.07, 6.45) is 3.47. The van der Waals surface area contributed by atoms with E-state index < -0.39 is 14.3 Å². The quantitative estimate of drug-likeness (QED) is 0.624. The SMILES string of the molecule is CC(C)(C)[Si](OC1CCc2ncc(C(=O)O)nc2C1)(c1ccccc1)c1ccccc1. The first kappa shape index (κ1) is 21.4. The van der Waals surface area contributed by atoms with Crippen LogP contribution in [0.1, 0.15) is 49.1 Å². The molecule has 2 aromatic carbocycles. The van der Waals surface area contributed by atoms with Gasteiger partial charge in [0.05, 0.1) is 23.7 Å². The average Bonchev–Trinajstić information content (AvgIpc) is 2.77. The summed E-state index contributed by atoms with van der Waals surface area (Å²) in [5.41, 5.74) is 1.62. The topological polar surface area (TPSA) is 72.3 Å². The Hall–Kier alpha value is -2.83. The van der Waals surface area contributed by atoms with E-state index in [4.69, 9.17) is 4.43 Å². The lowest BCUT2D eigenvalue weighted by Crippen LogP contribution is -2.68. The number of carbonyl (C=O) groups is 1. The maximum Gasteiger partial charge on any atom is 0.356 e. The third kappa shape index (κ3) is 4.05. The normalized spacial score (nSPS) is 16.5. The number of benzene rings is 2. The van der Waals surface area contributed by atoms with Gasteiger partial charge < -0.3 is 9.53 Å². The van der Waals surface area contributed by atoms with Gasteiger partial charge in [0.1, 0.15) is 0 Å². The number of carboxylic acids is 1. The van der Waals surface area contributed by atoms with Gasteiger partial charge in [-0.15, -0.1) is 0 Å². The maximum absolute atomic E-state index is 11.4. The van der Waals surface area contributed by atoms with E-state index in [1.54, 1.807) is 0 Å². The molecule has 6 heteroatoms. The zero-order valence-corrected chi connectivity index (χ0v) is 19.2. The fourth-order valence-electron chi connectivity index (χ4n) is 4.58. The predicted octanol–water partition coefficient (Wildman–Crippen LogP) is 3.61. The highest BCUT2D eigenvalue weighted by atomic mass is 28.4. The highest BCUT2D eigenvalue weighted by molar-refractivity contribution is 6.99. The van der Waals surface area contributed by atoms with Gasteiger partial charge in [0.2, 0.25) is 0 Å². The van der Waals surface area contributed by atoms with Crippen molar-refractivity contribution in [3.8, 4) is 0 Å². The van der Waals surface area contributed by atoms with Crippen molar-refractivity contribution in [1.82, 2.24) is 9.97 Å². The number of nitrogens with zero attached hydrogens (tertiary/aromatic N) is 2. The van der Waals surface area contributed by atoms with Crippen LogP contribution in [0.4, 0.5) is 0 Å². The van der Waals surface area contributed by atoms with E-state index in [1.165, 1.54) is 16.6 Å². The van der Waals surface area contributed by atoms with Crippen LogP contribution in [0, 0.1) is 0 Å². The van der Waals surface area contributed by atoms with Gasteiger partial charge in [-0.05, 0) is 28.3 Å². The van der Waals surface area contributed by atoms with E-state index in [-0.39, 0.29) is 16.8 Å². The number of carboxylic acid groups (broad SMARTS) is 1. The van der Waals surface area contributed by atoms with E-state index in [0.717, 1.165) is 24.2 Å². The van der Waals surface area contributed by atoms with E-state index in [2.05, 4.69) is 79.3 Å². The Morgan fingerprint density at radius 1 is 1.00 bits per heavy atom. The van der Waals surface area contributed by atoms with Crippen LogP contribution in [0.15, 0.2) is 66.9 Å². The number of hydrogen-bond acceptors (Lipinski definition) is 4. The summed E-state index contributed by atoms with van der Waals surface area (Å²) in [5.74, 6) is -1.05. The smallest absolute Gasteiger partial charge is 0.356 e. The molecule has 3 aromatic rings. The van der Waals surface area contributed by atoms with Crippen LogP contribution in [-0.4, -0.2) is 35.5 Å². The Bertz CT molecular complexity index is 1030. The van der Waals surface area contributed by atoms with Crippen LogP contribution in [-0.2, 0) is 17.3 Å². The van der Waals surface area contributed by atoms with Crippen molar-refractivity contribution in [1.29, 1.82) is 0 Å². The first-order valence-corrected chi connectivity index (χ1v) is 12.6. The molecular formula is C25H28N2O3Si. The molecule has 0 saturated heterocycles. The second-order valence-corrected chi connectivity index (χ2v) is 13.4. The molecule has 160 valence electrons. The monoisotopic (exact) mass is 432 g/mol. The molecule has 1 aliphatic rings. The van der Waals surface area contributed by atoms with Gasteiger partial charge >= 0.3 is 5.97 Å². The Balaban J connectivity index is 1.77. The minimum absolute atomic E-state index is 0.00940. The number of hydrogen-bond donors (Lipinski definition) is 1. The van der Waals surface area contributed by atoms with Crippen molar-refractivity contribution >= 4 is 24.7 Å². The van der Waals surface area contributed by atoms with E-state index >= 15 is 0 Å². The standard InChI is InChI=1S/C25H28N2O3Si/c1-25(2,3)31(19-10-6-4-7-11-19,20-12-8-5-9-13-20)30-18-14-15-21-22(16-18)27-23(17-26-21)24(28)29/h4-13,17-18H,14-16H2,1-3H3,(H,28,29). The van der Waals surface area contributed by atoms with Gasteiger partial charge in [-0.2, -0.15) is 0 Å². The summed E-state index contributed by atoms with van der Waals surface area (Å²) in [5, 5.41) is 11.7. The van der Waals surface area contributed by atoms with Gasteiger partial charge in [0.15, 0.2) is 5.69 Å². The van der Waals surface area contributed by atoms with Gasteiger partial charge in [-0.25, -0.2) is 9.78 Å². The molecule has 0 saturated carbocycles. The highest BCUT2D eigenvalue weighted by Crippen LogP contribution is 2.38. The first-order valence-electron chi connectivity index (χ1n) is 10.7. The average molecular weight is 433 g/mol. The number of aryl methyl sites for hydroxylation is 1. The van der Waals surface area contributed by atoms with Crippen LogP contribution < -0.4 is 10.4 Å². The largest absolute Gasteiger partial charge is 0.476 e. The molecule has 1 aliphatic carbocycles. The summed E-state index contributed by atoms with van der Waals surface area (Å²) in [6.45, 7) is 6.79. The minimum atomic E-state index is -2.66. The minimum Gasteiger partial charge on any atom is -0.476 e. The predicted molar refractivity (Wildman–Crippen MR) is 124 cm³/mol. The molecule has 5 nitrogen and oxygen atoms in total. The van der Waals surface area contributed by atoms with Crippen molar-refractivity contribution in [3.05, 3.63) is 83.9 Å². The third-order valence-electron chi connectivity index (χ3n) is 6.03. The summed E-state index contributed by atoms with van der Waals surface area (Å²) >= 11 is 0. The lowest BCUT2D eigenvalue weighted by molar-refractivity contribution is 0.0688. The molecule has 0 aliphatic heterocycles. The molecular weight excluding hydrogens is 404 g/mol. The van der Waals surface area contributed by atoms with Crippen molar-refractivity contribution in [2.75, 3.05) is 0 Å². The van der Waals surface area contributed by atoms with Gasteiger partial charge in [0, 0.05) is 6.42 Å². The van der Waals surface area contributed by atoms with Crippen LogP contribution in [0.5, 0.6) is 0 Å². The Kier molecular flexibility index (Phi) is 5.77. The van der Waals surface area contributed by atoms with Gasteiger partial charge in [-0.1, -0.05) is 81.4 Å². The number of aromatic nitrogens is 2. The summed E-state index contributed by atoms with van der Waals surface area (Å²) < 4.78 is 7.20. The van der Waals surface area contributed by atoms with Crippen LogP contribution >= 0.6 is 0 Å². The fraction of sp³-hybridized carbons (Fsp3) is 0.320. The maximum atomic E-state index is 11.4. The lowest BCUT2D eigenvalue weighted by atomic mass is 9.98. The van der Waals surface area contributed by atoms with Gasteiger partial charge in [-0.3, -0.25) is 4.98 Å². The Morgan fingerprint density at radius 3 is 2.10 bits per heavy atom. The molecule has 1 atom stereocenters. The van der Waals surface area contributed by atoms with Gasteiger partial charge in [0.25, 0.3) is 8.32 Å². The van der Waals surface area contributed by atoms with Crippen molar-refractivity contribution in [3.63, 3.8) is 0 Å². The lowest BCUT2D eigenvalue weighted by Gasteiger charge is -2.45. The second kappa shape index (κ2) is 8.36. The van der Waals surface area contributed by atoms with Crippen LogP contribution in [0.2, 0.25) is 5.04 Å². The molecule has 0 bridgehead atoms. The fourth-order valence-corrected chi connectivity index (χ4v) is 9.30. The molecule has 0 spiro atoms. The molecule has 1 N–H and O–H groups in total. The first-order chi connectivity index (χ1) is 14.8. The molecule has 31 heavy (non-hydrogen) atoms. The third-order valence-corrected chi connectivity index (χ3v) is 11.1. The Labute approximate surface area is 184 Å². The molecule has 1 heterocycles. The molecule has 1 unspecified atom stereocenters. The zero-order chi connectivity index (χ0) is 22.1. The zero-order valence-electron chi connectivity index (χ0n) is 18.2. The molecule has 0 amide bonds. The van der Waals surface area contributed by atoms with Crippen LogP contribution in [0.25, 0.3) is 0 Å². The van der Waals surface area contributed by atoms with E-state index in [1.807, 2.05) is 12.1 Å². The second-order valence-electron chi connectivity index (χ2n) is 9.10. The van der Waals surface area contributed by atoms with E-state index in [0.29, 0.717) is 6.42 Å². The summed E-state index contributed by atoms with van der Waals surface area (Å²) in [7, 11) is -2.66. The molecule has 0 radical (unpaired) electrons. The molecule has 1 aromatic heterocycles. The molecule has 4 rings (SSSR count). The number of aromatic carboxylic acids is 1. The number of rotatable bonds is 5. The summed E-state index contributed by atoms with van der Waals surface area (Å²) in [6, 6.07) is 21.1. The van der Waals surface area contributed by atoms with Crippen molar-refractivity contribution in [2.24, 2.45) is 0 Å². The van der Waals surface area contributed by atoms with Crippen molar-refractivity contribution in [2.45, 2.75) is 51.2 Å². The highest BCUT2D eigenvalue weighted by Gasteiger charge is 2.51.